The quantitative estimate of drug-likeness (QED) is 0.179. The molecule has 0 N–H and O–H groups in total. The van der Waals surface area contributed by atoms with Crippen LogP contribution in [0.5, 0.6) is 5.75 Å². The van der Waals surface area contributed by atoms with E-state index in [1.807, 2.05) is 6.07 Å². The van der Waals surface area contributed by atoms with Crippen molar-refractivity contribution < 1.29 is 14.1 Å². The number of para-hydroxylation sites is 1. The smallest absolute Gasteiger partial charge is 0.220 e. The standard InChI is InChI=1S/C25H20FN5O3S/c1-17-28-29-25(31(17)21-12-10-20(26)11-13-21)35-24(15-30(32)33)22-8-4-5-9-23(22)34-16-19-7-3-2-6-18(19)14-27/h2-13,24H,15-16H2,1H3/t24-/m0/s1. The van der Waals surface area contributed by atoms with E-state index in [1.54, 1.807) is 66.1 Å². The van der Waals surface area contributed by atoms with Crippen LogP contribution in [0.3, 0.4) is 0 Å². The van der Waals surface area contributed by atoms with Gasteiger partial charge in [-0.25, -0.2) is 4.39 Å². The van der Waals surface area contributed by atoms with Crippen LogP contribution in [0, 0.1) is 34.2 Å². The number of hydrogen-bond donors (Lipinski definition) is 0. The van der Waals surface area contributed by atoms with E-state index in [1.165, 1.54) is 23.9 Å². The van der Waals surface area contributed by atoms with Crippen molar-refractivity contribution in [1.29, 1.82) is 5.26 Å². The van der Waals surface area contributed by atoms with Crippen LogP contribution >= 0.6 is 11.8 Å². The van der Waals surface area contributed by atoms with Crippen molar-refractivity contribution in [2.24, 2.45) is 0 Å². The number of nitrogens with zero attached hydrogens (tertiary/aromatic N) is 5. The Hall–Kier alpha value is -4.23. The normalized spacial score (nSPS) is 11.6. The maximum Gasteiger partial charge on any atom is 0.220 e. The van der Waals surface area contributed by atoms with Gasteiger partial charge in [0.15, 0.2) is 5.16 Å². The van der Waals surface area contributed by atoms with Crippen molar-refractivity contribution in [3.8, 4) is 17.5 Å². The van der Waals surface area contributed by atoms with Crippen LogP contribution in [0.15, 0.2) is 78.0 Å². The Morgan fingerprint density at radius 1 is 1.11 bits per heavy atom. The summed E-state index contributed by atoms with van der Waals surface area (Å²) in [5.41, 5.74) is 2.49. The molecule has 0 saturated carbocycles. The summed E-state index contributed by atoms with van der Waals surface area (Å²) in [7, 11) is 0. The van der Waals surface area contributed by atoms with E-state index >= 15 is 0 Å². The highest BCUT2D eigenvalue weighted by Gasteiger charge is 2.26. The number of hydrogen-bond acceptors (Lipinski definition) is 7. The molecule has 0 aliphatic rings. The molecule has 0 radical (unpaired) electrons. The van der Waals surface area contributed by atoms with Crippen LogP contribution in [-0.2, 0) is 6.61 Å². The molecule has 0 saturated heterocycles. The number of benzene rings is 3. The van der Waals surface area contributed by atoms with Crippen LogP contribution in [-0.4, -0.2) is 26.2 Å². The van der Waals surface area contributed by atoms with E-state index in [9.17, 15) is 19.8 Å². The van der Waals surface area contributed by atoms with Gasteiger partial charge in [0, 0.05) is 21.7 Å². The fourth-order valence-corrected chi connectivity index (χ4v) is 4.76. The number of nitriles is 1. The first kappa shape index (κ1) is 23.9. The number of nitro groups is 1. The Kier molecular flexibility index (Phi) is 7.38. The zero-order valence-corrected chi connectivity index (χ0v) is 19.5. The van der Waals surface area contributed by atoms with Gasteiger partial charge in [-0.1, -0.05) is 48.2 Å². The largest absolute Gasteiger partial charge is 0.489 e. The molecule has 4 aromatic rings. The zero-order chi connectivity index (χ0) is 24.8. The van der Waals surface area contributed by atoms with Crippen LogP contribution < -0.4 is 4.74 Å². The van der Waals surface area contributed by atoms with Gasteiger partial charge in [-0.3, -0.25) is 14.7 Å². The van der Waals surface area contributed by atoms with Gasteiger partial charge in [0.2, 0.25) is 6.54 Å². The third-order valence-corrected chi connectivity index (χ3v) is 6.39. The molecule has 4 rings (SSSR count). The average molecular weight is 490 g/mol. The molecule has 3 aromatic carbocycles. The number of rotatable bonds is 9. The third-order valence-electron chi connectivity index (χ3n) is 5.23. The highest BCUT2D eigenvalue weighted by molar-refractivity contribution is 7.99. The second kappa shape index (κ2) is 10.8. The summed E-state index contributed by atoms with van der Waals surface area (Å²) in [6.07, 6.45) is 0. The van der Waals surface area contributed by atoms with E-state index < -0.39 is 5.25 Å². The molecule has 0 aliphatic carbocycles. The van der Waals surface area contributed by atoms with Crippen molar-refractivity contribution in [2.45, 2.75) is 23.9 Å². The summed E-state index contributed by atoms with van der Waals surface area (Å²) < 4.78 is 21.2. The second-order valence-electron chi connectivity index (χ2n) is 7.56. The zero-order valence-electron chi connectivity index (χ0n) is 18.7. The Labute approximate surface area is 205 Å². The lowest BCUT2D eigenvalue weighted by atomic mass is 10.1. The van der Waals surface area contributed by atoms with Gasteiger partial charge in [-0.05, 0) is 43.3 Å². The maximum atomic E-state index is 13.4. The molecule has 35 heavy (non-hydrogen) atoms. The molecular weight excluding hydrogens is 469 g/mol. The first-order valence-electron chi connectivity index (χ1n) is 10.6. The topological polar surface area (TPSA) is 107 Å². The highest BCUT2D eigenvalue weighted by Crippen LogP contribution is 2.40. The molecule has 0 fully saturated rings. The number of ether oxygens (including phenoxy) is 1. The van der Waals surface area contributed by atoms with Crippen LogP contribution in [0.1, 0.15) is 27.8 Å². The van der Waals surface area contributed by atoms with Crippen molar-refractivity contribution in [3.05, 3.63) is 111 Å². The maximum absolute atomic E-state index is 13.4. The fraction of sp³-hybridized carbons (Fsp3) is 0.160. The van der Waals surface area contributed by atoms with Crippen LogP contribution in [0.2, 0.25) is 0 Å². The van der Waals surface area contributed by atoms with Crippen molar-refractivity contribution >= 4 is 11.8 Å². The van der Waals surface area contributed by atoms with Gasteiger partial charge in [0.1, 0.15) is 29.2 Å². The summed E-state index contributed by atoms with van der Waals surface area (Å²) in [6.45, 7) is 1.52. The van der Waals surface area contributed by atoms with E-state index in [2.05, 4.69) is 16.3 Å². The second-order valence-corrected chi connectivity index (χ2v) is 8.73. The molecule has 1 aromatic heterocycles. The van der Waals surface area contributed by atoms with E-state index in [4.69, 9.17) is 4.74 Å². The van der Waals surface area contributed by atoms with Gasteiger partial charge >= 0.3 is 0 Å². The molecule has 0 spiro atoms. The number of aryl methyl sites for hydroxylation is 1. The minimum Gasteiger partial charge on any atom is -0.489 e. The summed E-state index contributed by atoms with van der Waals surface area (Å²) in [6, 6.07) is 22.2. The SMILES string of the molecule is Cc1nnc(S[C@@H](C[N+](=O)[O-])c2ccccc2OCc2ccccc2C#N)n1-c1ccc(F)cc1. The summed E-state index contributed by atoms with van der Waals surface area (Å²) >= 11 is 1.18. The molecule has 8 nitrogen and oxygen atoms in total. The first-order chi connectivity index (χ1) is 17.0. The van der Waals surface area contributed by atoms with Gasteiger partial charge in [0.05, 0.1) is 11.6 Å². The Morgan fingerprint density at radius 2 is 1.83 bits per heavy atom. The molecule has 1 heterocycles. The van der Waals surface area contributed by atoms with Gasteiger partial charge < -0.3 is 4.74 Å². The lowest BCUT2D eigenvalue weighted by Crippen LogP contribution is -2.12. The molecule has 0 bridgehead atoms. The predicted octanol–water partition coefficient (Wildman–Crippen LogP) is 5.28. The lowest BCUT2D eigenvalue weighted by molar-refractivity contribution is -0.479. The van der Waals surface area contributed by atoms with Crippen molar-refractivity contribution in [1.82, 2.24) is 14.8 Å². The van der Waals surface area contributed by atoms with Crippen LogP contribution in [0.25, 0.3) is 5.69 Å². The summed E-state index contributed by atoms with van der Waals surface area (Å²) in [4.78, 5) is 11.2. The minimum absolute atomic E-state index is 0.140. The first-order valence-corrected chi connectivity index (χ1v) is 11.5. The molecule has 176 valence electrons. The predicted molar refractivity (Wildman–Crippen MR) is 128 cm³/mol. The molecule has 1 atom stereocenters. The summed E-state index contributed by atoms with van der Waals surface area (Å²) in [5.74, 6) is 0.671. The van der Waals surface area contributed by atoms with Crippen LogP contribution in [0.4, 0.5) is 4.39 Å². The van der Waals surface area contributed by atoms with Gasteiger partial charge in [-0.15, -0.1) is 10.2 Å². The Balaban J connectivity index is 1.65. The van der Waals surface area contributed by atoms with Crippen molar-refractivity contribution in [3.63, 3.8) is 0 Å². The molecule has 10 heteroatoms. The molecule has 0 unspecified atom stereocenters. The number of halogens is 1. The van der Waals surface area contributed by atoms with Gasteiger partial charge in [0.25, 0.3) is 0 Å². The number of thioether (sulfide) groups is 1. The summed E-state index contributed by atoms with van der Waals surface area (Å²) in [5, 5.41) is 29.0. The fourth-order valence-electron chi connectivity index (χ4n) is 3.56. The number of aromatic nitrogens is 3. The minimum atomic E-state index is -0.643. The van der Waals surface area contributed by atoms with Gasteiger partial charge in [-0.2, -0.15) is 5.26 Å². The lowest BCUT2D eigenvalue weighted by Gasteiger charge is -2.18. The molecule has 0 amide bonds. The molecular formula is C25H20FN5O3S. The monoisotopic (exact) mass is 489 g/mol. The Bertz CT molecular complexity index is 1380. The van der Waals surface area contributed by atoms with E-state index in [0.717, 1.165) is 5.56 Å². The average Bonchev–Trinajstić information content (AvgIpc) is 3.22. The molecule has 0 aliphatic heterocycles. The third kappa shape index (κ3) is 5.65. The van der Waals surface area contributed by atoms with E-state index in [0.29, 0.717) is 33.5 Å². The van der Waals surface area contributed by atoms with E-state index in [-0.39, 0.29) is 23.9 Å². The highest BCUT2D eigenvalue weighted by atomic mass is 32.2. The Morgan fingerprint density at radius 3 is 2.57 bits per heavy atom. The van der Waals surface area contributed by atoms with Crippen molar-refractivity contribution in [2.75, 3.05) is 6.54 Å².